The molecule has 124 valence electrons. The maximum atomic E-state index is 9.59. The second kappa shape index (κ2) is 6.74. The fourth-order valence-electron chi connectivity index (χ4n) is 3.70. The molecule has 0 aliphatic carbocycles. The Hall–Kier alpha value is -2.57. The monoisotopic (exact) mass is 347 g/mol. The first-order chi connectivity index (χ1) is 12.3. The van der Waals surface area contributed by atoms with Gasteiger partial charge in [0.1, 0.15) is 11.2 Å². The number of hydrogen-bond donors (Lipinski definition) is 0. The van der Waals surface area contributed by atoms with Gasteiger partial charge in [-0.05, 0) is 30.7 Å². The first-order valence-corrected chi connectivity index (χ1v) is 8.99. The van der Waals surface area contributed by atoms with Crippen molar-refractivity contribution < 1.29 is 0 Å². The standard InChI is InChI=1S/C21H18ClN3/c22-21-19(14-23)17(10-11-24-21)18-9-8-15-6-2-3-7-16(15)20(18)25-12-4-1-5-13-25/h2-3,6-11H,1,4-5,12-13H2. The molecule has 0 amide bonds. The average Bonchev–Trinajstić information content (AvgIpc) is 2.67. The third-order valence-corrected chi connectivity index (χ3v) is 5.17. The molecule has 3 aromatic rings. The number of rotatable bonds is 2. The number of nitrogens with zero attached hydrogens (tertiary/aromatic N) is 3. The summed E-state index contributed by atoms with van der Waals surface area (Å²) in [6.07, 6.45) is 5.35. The summed E-state index contributed by atoms with van der Waals surface area (Å²) in [7, 11) is 0. The van der Waals surface area contributed by atoms with Gasteiger partial charge < -0.3 is 4.90 Å². The van der Waals surface area contributed by atoms with Crippen LogP contribution in [0.4, 0.5) is 5.69 Å². The Labute approximate surface area is 152 Å². The first-order valence-electron chi connectivity index (χ1n) is 8.61. The molecule has 1 saturated heterocycles. The van der Waals surface area contributed by atoms with E-state index in [-0.39, 0.29) is 5.15 Å². The topological polar surface area (TPSA) is 39.9 Å². The van der Waals surface area contributed by atoms with Gasteiger partial charge in [0, 0.05) is 35.8 Å². The van der Waals surface area contributed by atoms with Crippen LogP contribution in [0.3, 0.4) is 0 Å². The molecule has 0 spiro atoms. The maximum absolute atomic E-state index is 9.59. The van der Waals surface area contributed by atoms with Gasteiger partial charge in [-0.15, -0.1) is 0 Å². The number of piperidine rings is 1. The minimum atomic E-state index is 0.262. The Balaban J connectivity index is 2.01. The van der Waals surface area contributed by atoms with E-state index in [0.29, 0.717) is 5.56 Å². The van der Waals surface area contributed by atoms with Crippen molar-refractivity contribution in [2.45, 2.75) is 19.3 Å². The number of pyridine rings is 1. The zero-order valence-corrected chi connectivity index (χ0v) is 14.6. The molecular weight excluding hydrogens is 330 g/mol. The summed E-state index contributed by atoms with van der Waals surface area (Å²) in [4.78, 5) is 6.52. The molecule has 4 heteroatoms. The molecule has 1 aliphatic heterocycles. The number of hydrogen-bond acceptors (Lipinski definition) is 3. The third kappa shape index (κ3) is 2.83. The zero-order chi connectivity index (χ0) is 17.2. The van der Waals surface area contributed by atoms with Gasteiger partial charge >= 0.3 is 0 Å². The molecule has 1 aromatic heterocycles. The van der Waals surface area contributed by atoms with Crippen LogP contribution in [0.1, 0.15) is 24.8 Å². The van der Waals surface area contributed by atoms with Crippen LogP contribution in [0.15, 0.2) is 48.7 Å². The van der Waals surface area contributed by atoms with Crippen LogP contribution >= 0.6 is 11.6 Å². The molecule has 0 saturated carbocycles. The largest absolute Gasteiger partial charge is 0.371 e. The van der Waals surface area contributed by atoms with Crippen molar-refractivity contribution in [1.29, 1.82) is 5.26 Å². The number of benzene rings is 2. The summed E-state index contributed by atoms with van der Waals surface area (Å²) < 4.78 is 0. The lowest BCUT2D eigenvalue weighted by atomic mass is 9.94. The maximum Gasteiger partial charge on any atom is 0.147 e. The number of halogens is 1. The lowest BCUT2D eigenvalue weighted by Gasteiger charge is -2.32. The van der Waals surface area contributed by atoms with Crippen molar-refractivity contribution in [3.8, 4) is 17.2 Å². The quantitative estimate of drug-likeness (QED) is 0.581. The van der Waals surface area contributed by atoms with E-state index in [9.17, 15) is 5.26 Å². The van der Waals surface area contributed by atoms with Crippen LogP contribution in [0.25, 0.3) is 21.9 Å². The third-order valence-electron chi connectivity index (χ3n) is 4.88. The Bertz CT molecular complexity index is 969. The van der Waals surface area contributed by atoms with E-state index in [1.165, 1.54) is 35.7 Å². The number of nitriles is 1. The molecule has 0 atom stereocenters. The molecule has 4 rings (SSSR count). The first kappa shape index (κ1) is 15.9. The SMILES string of the molecule is N#Cc1c(-c2ccc3ccccc3c2N2CCCCC2)ccnc1Cl. The summed E-state index contributed by atoms with van der Waals surface area (Å²) >= 11 is 6.19. The van der Waals surface area contributed by atoms with Gasteiger partial charge in [-0.3, -0.25) is 0 Å². The second-order valence-electron chi connectivity index (χ2n) is 6.37. The van der Waals surface area contributed by atoms with Crippen molar-refractivity contribution in [2.24, 2.45) is 0 Å². The van der Waals surface area contributed by atoms with Crippen LogP contribution in [0.5, 0.6) is 0 Å². The summed E-state index contributed by atoms with van der Waals surface area (Å²) in [5.74, 6) is 0. The van der Waals surface area contributed by atoms with Crippen LogP contribution < -0.4 is 4.90 Å². The second-order valence-corrected chi connectivity index (χ2v) is 6.72. The highest BCUT2D eigenvalue weighted by Gasteiger charge is 2.20. The normalized spacial score (nSPS) is 14.5. The Morgan fingerprint density at radius 1 is 0.960 bits per heavy atom. The highest BCUT2D eigenvalue weighted by atomic mass is 35.5. The summed E-state index contributed by atoms with van der Waals surface area (Å²) in [5, 5.41) is 12.3. The van der Waals surface area contributed by atoms with E-state index in [4.69, 9.17) is 11.6 Å². The molecule has 0 radical (unpaired) electrons. The predicted octanol–water partition coefficient (Wildman–Crippen LogP) is 5.42. The van der Waals surface area contributed by atoms with Gasteiger partial charge in [-0.2, -0.15) is 5.26 Å². The fourth-order valence-corrected chi connectivity index (χ4v) is 3.90. The molecule has 0 bridgehead atoms. The molecule has 0 N–H and O–H groups in total. The van der Waals surface area contributed by atoms with Gasteiger partial charge in [0.2, 0.25) is 0 Å². The van der Waals surface area contributed by atoms with Gasteiger partial charge in [0.25, 0.3) is 0 Å². The van der Waals surface area contributed by atoms with Gasteiger partial charge in [0.05, 0.1) is 11.3 Å². The molecule has 1 fully saturated rings. The molecule has 3 nitrogen and oxygen atoms in total. The lowest BCUT2D eigenvalue weighted by Crippen LogP contribution is -2.30. The van der Waals surface area contributed by atoms with Crippen molar-refractivity contribution in [3.05, 3.63) is 59.4 Å². The van der Waals surface area contributed by atoms with Crippen molar-refractivity contribution in [1.82, 2.24) is 4.98 Å². The van der Waals surface area contributed by atoms with Crippen LogP contribution in [-0.2, 0) is 0 Å². The van der Waals surface area contributed by atoms with Crippen LogP contribution in [-0.4, -0.2) is 18.1 Å². The van der Waals surface area contributed by atoms with E-state index < -0.39 is 0 Å². The van der Waals surface area contributed by atoms with E-state index in [0.717, 1.165) is 24.2 Å². The molecule has 2 heterocycles. The smallest absolute Gasteiger partial charge is 0.147 e. The average molecular weight is 348 g/mol. The van der Waals surface area contributed by atoms with E-state index in [2.05, 4.69) is 52.4 Å². The van der Waals surface area contributed by atoms with Crippen molar-refractivity contribution in [3.63, 3.8) is 0 Å². The molecular formula is C21H18ClN3. The van der Waals surface area contributed by atoms with Gasteiger partial charge in [0.15, 0.2) is 0 Å². The van der Waals surface area contributed by atoms with Gasteiger partial charge in [-0.25, -0.2) is 4.98 Å². The molecule has 25 heavy (non-hydrogen) atoms. The highest BCUT2D eigenvalue weighted by molar-refractivity contribution is 6.31. The van der Waals surface area contributed by atoms with Crippen molar-refractivity contribution in [2.75, 3.05) is 18.0 Å². The number of anilines is 1. The van der Waals surface area contributed by atoms with Crippen LogP contribution in [0.2, 0.25) is 5.15 Å². The predicted molar refractivity (Wildman–Crippen MR) is 103 cm³/mol. The summed E-state index contributed by atoms with van der Waals surface area (Å²) in [5.41, 5.74) is 3.56. The minimum Gasteiger partial charge on any atom is -0.371 e. The van der Waals surface area contributed by atoms with Crippen molar-refractivity contribution >= 4 is 28.1 Å². The zero-order valence-electron chi connectivity index (χ0n) is 13.9. The van der Waals surface area contributed by atoms with E-state index >= 15 is 0 Å². The highest BCUT2D eigenvalue weighted by Crippen LogP contribution is 2.40. The Morgan fingerprint density at radius 2 is 1.76 bits per heavy atom. The Kier molecular flexibility index (Phi) is 4.29. The molecule has 1 aliphatic rings. The molecule has 0 unspecified atom stereocenters. The summed E-state index contributed by atoms with van der Waals surface area (Å²) in [6.45, 7) is 2.09. The van der Waals surface area contributed by atoms with E-state index in [1.54, 1.807) is 6.20 Å². The lowest BCUT2D eigenvalue weighted by molar-refractivity contribution is 0.579. The van der Waals surface area contributed by atoms with E-state index in [1.807, 2.05) is 6.07 Å². The fraction of sp³-hybridized carbons (Fsp3) is 0.238. The summed E-state index contributed by atoms with van der Waals surface area (Å²) in [6, 6.07) is 16.8. The van der Waals surface area contributed by atoms with Gasteiger partial charge in [-0.1, -0.05) is 48.0 Å². The minimum absolute atomic E-state index is 0.262. The van der Waals surface area contributed by atoms with Crippen LogP contribution in [0, 0.1) is 11.3 Å². The molecule has 2 aromatic carbocycles. The number of fused-ring (bicyclic) bond motifs is 1. The number of aromatic nitrogens is 1. The Morgan fingerprint density at radius 3 is 2.56 bits per heavy atom.